The molecule has 0 radical (unpaired) electrons. The second kappa shape index (κ2) is 4.49. The van der Waals surface area contributed by atoms with Crippen LogP contribution in [0.2, 0.25) is 8.80 Å². The maximum atomic E-state index is 5.80. The number of rotatable bonds is 3. The zero-order chi connectivity index (χ0) is 9.97. The molecule has 6 heteroatoms. The van der Waals surface area contributed by atoms with E-state index in [4.69, 9.17) is 23.2 Å². The number of nitrogens with zero attached hydrogens (tertiary/aromatic N) is 1. The summed E-state index contributed by atoms with van der Waals surface area (Å²) in [6, 6.07) is 3.88. The summed E-state index contributed by atoms with van der Waals surface area (Å²) in [6.07, 6.45) is 0. The van der Waals surface area contributed by atoms with Gasteiger partial charge in [-0.3, -0.25) is 0 Å². The van der Waals surface area contributed by atoms with Gasteiger partial charge in [0, 0.05) is 10.3 Å². The number of halogens is 2. The molecule has 2 nitrogen and oxygen atoms in total. The Balaban J connectivity index is 1.94. The van der Waals surface area contributed by atoms with E-state index >= 15 is 0 Å². The maximum absolute atomic E-state index is 5.80. The second-order valence-electron chi connectivity index (χ2n) is 2.55. The molecule has 2 rings (SSSR count). The zero-order valence-corrected chi connectivity index (χ0v) is 10.1. The minimum Gasteiger partial charge on any atom is -0.364 e. The molecule has 0 aliphatic rings. The Labute approximate surface area is 99.5 Å². The van der Waals surface area contributed by atoms with E-state index in [1.165, 1.54) is 16.2 Å². The van der Waals surface area contributed by atoms with Crippen LogP contribution >= 0.6 is 45.9 Å². The van der Waals surface area contributed by atoms with Gasteiger partial charge in [-0.15, -0.1) is 22.7 Å². The SMILES string of the molecule is Clc1ccc(CNc2csc(Cl)n2)s1. The molecule has 2 aromatic rings. The molecule has 1 N–H and O–H groups in total. The summed E-state index contributed by atoms with van der Waals surface area (Å²) in [5.74, 6) is 0.810. The Kier molecular flexibility index (Phi) is 3.28. The lowest BCUT2D eigenvalue weighted by Crippen LogP contribution is -1.96. The highest BCUT2D eigenvalue weighted by Crippen LogP contribution is 2.23. The van der Waals surface area contributed by atoms with Gasteiger partial charge in [-0.1, -0.05) is 23.2 Å². The van der Waals surface area contributed by atoms with E-state index in [1.807, 2.05) is 17.5 Å². The number of thiophene rings is 1. The summed E-state index contributed by atoms with van der Waals surface area (Å²) < 4.78 is 1.36. The summed E-state index contributed by atoms with van der Waals surface area (Å²) in [6.45, 7) is 0.734. The second-order valence-corrected chi connectivity index (χ2v) is 5.78. The van der Waals surface area contributed by atoms with Crippen LogP contribution < -0.4 is 5.32 Å². The predicted molar refractivity (Wildman–Crippen MR) is 63.8 cm³/mol. The maximum Gasteiger partial charge on any atom is 0.185 e. The quantitative estimate of drug-likeness (QED) is 0.902. The molecule has 0 saturated carbocycles. The lowest BCUT2D eigenvalue weighted by Gasteiger charge is -1.98. The first-order valence-electron chi connectivity index (χ1n) is 3.83. The van der Waals surface area contributed by atoms with Crippen molar-refractivity contribution in [3.63, 3.8) is 0 Å². The Morgan fingerprint density at radius 1 is 1.36 bits per heavy atom. The van der Waals surface area contributed by atoms with Gasteiger partial charge < -0.3 is 5.32 Å². The molecule has 0 aromatic carbocycles. The van der Waals surface area contributed by atoms with Crippen LogP contribution in [0.4, 0.5) is 5.82 Å². The van der Waals surface area contributed by atoms with Gasteiger partial charge in [0.2, 0.25) is 0 Å². The van der Waals surface area contributed by atoms with Crippen molar-refractivity contribution in [2.45, 2.75) is 6.54 Å². The smallest absolute Gasteiger partial charge is 0.185 e. The minimum atomic E-state index is 0.553. The number of thiazole rings is 1. The molecule has 2 heterocycles. The van der Waals surface area contributed by atoms with Gasteiger partial charge in [-0.2, -0.15) is 0 Å². The van der Waals surface area contributed by atoms with Crippen molar-refractivity contribution in [3.8, 4) is 0 Å². The molecule has 0 amide bonds. The number of hydrogen-bond acceptors (Lipinski definition) is 4. The molecule has 74 valence electrons. The first-order valence-corrected chi connectivity index (χ1v) is 6.28. The van der Waals surface area contributed by atoms with Gasteiger partial charge in [0.1, 0.15) is 5.82 Å². The van der Waals surface area contributed by atoms with E-state index in [0.717, 1.165) is 16.7 Å². The highest BCUT2D eigenvalue weighted by atomic mass is 35.5. The van der Waals surface area contributed by atoms with Crippen molar-refractivity contribution in [2.24, 2.45) is 0 Å². The van der Waals surface area contributed by atoms with Crippen LogP contribution in [0.5, 0.6) is 0 Å². The van der Waals surface area contributed by atoms with Crippen LogP contribution in [-0.2, 0) is 6.54 Å². The molecule has 0 atom stereocenters. The molecular formula is C8H6Cl2N2S2. The average Bonchev–Trinajstić information content (AvgIpc) is 2.72. The van der Waals surface area contributed by atoms with Crippen molar-refractivity contribution in [1.29, 1.82) is 0 Å². The van der Waals surface area contributed by atoms with Gasteiger partial charge in [0.25, 0.3) is 0 Å². The Morgan fingerprint density at radius 2 is 2.21 bits per heavy atom. The van der Waals surface area contributed by atoms with E-state index < -0.39 is 0 Å². The van der Waals surface area contributed by atoms with Gasteiger partial charge >= 0.3 is 0 Å². The Bertz CT molecular complexity index is 384. The standard InChI is InChI=1S/C8H6Cl2N2S2/c9-6-2-1-5(14-6)3-11-7-4-13-8(10)12-7/h1-2,4,11H,3H2. The van der Waals surface area contributed by atoms with Crippen LogP contribution in [0.1, 0.15) is 4.88 Å². The zero-order valence-electron chi connectivity index (χ0n) is 6.96. The topological polar surface area (TPSA) is 24.9 Å². The molecule has 2 aromatic heterocycles. The number of nitrogens with one attached hydrogen (secondary N) is 1. The molecule has 0 fully saturated rings. The summed E-state index contributed by atoms with van der Waals surface area (Å²) in [5, 5.41) is 5.05. The van der Waals surface area contributed by atoms with Crippen LogP contribution in [0.15, 0.2) is 17.5 Å². The highest BCUT2D eigenvalue weighted by molar-refractivity contribution is 7.16. The Hall–Kier alpha value is -0.290. The fourth-order valence-corrected chi connectivity index (χ4v) is 2.71. The summed E-state index contributed by atoms with van der Waals surface area (Å²) >= 11 is 14.5. The molecular weight excluding hydrogens is 259 g/mol. The van der Waals surface area contributed by atoms with Crippen molar-refractivity contribution < 1.29 is 0 Å². The predicted octanol–water partition coefficient (Wildman–Crippen LogP) is 4.12. The highest BCUT2D eigenvalue weighted by Gasteiger charge is 2.00. The van der Waals surface area contributed by atoms with Gasteiger partial charge in [-0.05, 0) is 12.1 Å². The third kappa shape index (κ3) is 2.60. The van der Waals surface area contributed by atoms with Gasteiger partial charge in [0.05, 0.1) is 10.9 Å². The summed E-state index contributed by atoms with van der Waals surface area (Å²) in [5.41, 5.74) is 0. The monoisotopic (exact) mass is 264 g/mol. The minimum absolute atomic E-state index is 0.553. The number of aromatic nitrogens is 1. The van der Waals surface area contributed by atoms with Crippen LogP contribution in [0.3, 0.4) is 0 Å². The first kappa shape index (κ1) is 10.2. The molecule has 0 aliphatic carbocycles. The van der Waals surface area contributed by atoms with E-state index in [1.54, 1.807) is 11.3 Å². The number of hydrogen-bond donors (Lipinski definition) is 1. The van der Waals surface area contributed by atoms with Crippen molar-refractivity contribution in [2.75, 3.05) is 5.32 Å². The van der Waals surface area contributed by atoms with E-state index in [0.29, 0.717) is 4.47 Å². The lowest BCUT2D eigenvalue weighted by molar-refractivity contribution is 1.16. The van der Waals surface area contributed by atoms with E-state index in [9.17, 15) is 0 Å². The third-order valence-electron chi connectivity index (χ3n) is 1.55. The average molecular weight is 265 g/mol. The first-order chi connectivity index (χ1) is 6.74. The lowest BCUT2D eigenvalue weighted by atomic mass is 10.4. The molecule has 0 bridgehead atoms. The fraction of sp³-hybridized carbons (Fsp3) is 0.125. The van der Waals surface area contributed by atoms with Crippen LogP contribution in [0.25, 0.3) is 0 Å². The Morgan fingerprint density at radius 3 is 2.79 bits per heavy atom. The van der Waals surface area contributed by atoms with Crippen molar-refractivity contribution in [1.82, 2.24) is 4.98 Å². The van der Waals surface area contributed by atoms with Gasteiger partial charge in [-0.25, -0.2) is 4.98 Å². The molecule has 0 spiro atoms. The van der Waals surface area contributed by atoms with Crippen LogP contribution in [0, 0.1) is 0 Å². The molecule has 14 heavy (non-hydrogen) atoms. The molecule has 0 unspecified atom stereocenters. The van der Waals surface area contributed by atoms with E-state index in [2.05, 4.69) is 10.3 Å². The molecule has 0 saturated heterocycles. The summed E-state index contributed by atoms with van der Waals surface area (Å²) in [7, 11) is 0. The number of anilines is 1. The third-order valence-corrected chi connectivity index (χ3v) is 3.76. The fourth-order valence-electron chi connectivity index (χ4n) is 0.957. The van der Waals surface area contributed by atoms with E-state index in [-0.39, 0.29) is 0 Å². The summed E-state index contributed by atoms with van der Waals surface area (Å²) in [4.78, 5) is 5.26. The van der Waals surface area contributed by atoms with Crippen molar-refractivity contribution >= 4 is 51.7 Å². The largest absolute Gasteiger partial charge is 0.364 e. The van der Waals surface area contributed by atoms with Crippen LogP contribution in [-0.4, -0.2) is 4.98 Å². The normalized spacial score (nSPS) is 10.4. The molecule has 0 aliphatic heterocycles. The van der Waals surface area contributed by atoms with Gasteiger partial charge in [0.15, 0.2) is 4.47 Å². The van der Waals surface area contributed by atoms with Crippen molar-refractivity contribution in [3.05, 3.63) is 31.2 Å².